The fourth-order valence-corrected chi connectivity index (χ4v) is 2.71. The number of benzene rings is 1. The van der Waals surface area contributed by atoms with Gasteiger partial charge in [0.1, 0.15) is 12.4 Å². The van der Waals surface area contributed by atoms with Gasteiger partial charge in [0, 0.05) is 11.4 Å². The van der Waals surface area contributed by atoms with Gasteiger partial charge in [-0.15, -0.1) is 11.3 Å². The maximum absolute atomic E-state index is 11.8. The number of primary amides is 1. The Morgan fingerprint density at radius 1 is 1.29 bits per heavy atom. The Labute approximate surface area is 145 Å². The van der Waals surface area contributed by atoms with Crippen LogP contribution in [0.5, 0.6) is 5.75 Å². The highest BCUT2D eigenvalue weighted by molar-refractivity contribution is 7.09. The van der Waals surface area contributed by atoms with Crippen LogP contribution in [-0.4, -0.2) is 29.9 Å². The van der Waals surface area contributed by atoms with Crippen molar-refractivity contribution in [3.63, 3.8) is 0 Å². The Morgan fingerprint density at radius 3 is 2.58 bits per heavy atom. The number of nitrogens with one attached hydrogen (secondary N) is 1. The number of nitrogens with two attached hydrogens (primary N) is 1. The number of thiophene rings is 1. The smallest absolute Gasteiger partial charge is 0.318 e. The number of imide groups is 1. The molecule has 0 aliphatic rings. The fraction of sp³-hybridized carbons (Fsp3) is 0.294. The number of amides is 3. The van der Waals surface area contributed by atoms with E-state index < -0.39 is 18.0 Å². The molecule has 24 heavy (non-hydrogen) atoms. The summed E-state index contributed by atoms with van der Waals surface area (Å²) in [5.74, 6) is 0.384. The third kappa shape index (κ3) is 5.36. The Hall–Kier alpha value is -2.38. The minimum absolute atomic E-state index is 0.416. The van der Waals surface area contributed by atoms with Crippen molar-refractivity contribution in [1.82, 2.24) is 10.2 Å². The predicted octanol–water partition coefficient (Wildman–Crippen LogP) is 2.34. The summed E-state index contributed by atoms with van der Waals surface area (Å²) in [6.07, 6.45) is 0. The zero-order chi connectivity index (χ0) is 17.5. The van der Waals surface area contributed by atoms with Crippen molar-refractivity contribution >= 4 is 23.3 Å². The second-order valence-corrected chi connectivity index (χ2v) is 6.49. The molecule has 6 nitrogen and oxygen atoms in total. The summed E-state index contributed by atoms with van der Waals surface area (Å²) in [6.45, 7) is 2.84. The van der Waals surface area contributed by atoms with Crippen molar-refractivity contribution in [3.05, 3.63) is 52.2 Å². The first-order valence-corrected chi connectivity index (χ1v) is 8.38. The van der Waals surface area contributed by atoms with E-state index in [9.17, 15) is 9.59 Å². The summed E-state index contributed by atoms with van der Waals surface area (Å²) in [5, 5.41) is 4.11. The van der Waals surface area contributed by atoms with E-state index in [4.69, 9.17) is 10.5 Å². The number of likely N-dealkylation sites (N-methyl/N-ethyl adjacent to an activating group) is 1. The van der Waals surface area contributed by atoms with Gasteiger partial charge in [-0.3, -0.25) is 15.0 Å². The number of hydrogen-bond donors (Lipinski definition) is 2. The van der Waals surface area contributed by atoms with Crippen LogP contribution in [0.3, 0.4) is 0 Å². The van der Waals surface area contributed by atoms with Crippen LogP contribution in [0.15, 0.2) is 41.8 Å². The number of hydrogen-bond acceptors (Lipinski definition) is 5. The second-order valence-electron chi connectivity index (χ2n) is 5.46. The van der Waals surface area contributed by atoms with E-state index in [2.05, 4.69) is 5.32 Å². The molecule has 1 atom stereocenters. The first-order valence-electron chi connectivity index (χ1n) is 7.50. The molecule has 0 fully saturated rings. The van der Waals surface area contributed by atoms with E-state index in [1.54, 1.807) is 18.3 Å². The molecule has 0 bridgehead atoms. The van der Waals surface area contributed by atoms with Crippen molar-refractivity contribution in [3.8, 4) is 5.75 Å². The molecule has 2 aromatic rings. The molecule has 1 heterocycles. The van der Waals surface area contributed by atoms with Gasteiger partial charge in [0.2, 0.25) is 5.91 Å². The van der Waals surface area contributed by atoms with Crippen LogP contribution >= 0.6 is 11.3 Å². The van der Waals surface area contributed by atoms with Crippen molar-refractivity contribution in [1.29, 1.82) is 0 Å². The van der Waals surface area contributed by atoms with Gasteiger partial charge in [-0.2, -0.15) is 0 Å². The molecule has 1 aromatic heterocycles. The lowest BCUT2D eigenvalue weighted by Gasteiger charge is -2.23. The van der Waals surface area contributed by atoms with Crippen molar-refractivity contribution in [2.45, 2.75) is 26.1 Å². The molecule has 3 N–H and O–H groups in total. The van der Waals surface area contributed by atoms with Gasteiger partial charge >= 0.3 is 6.03 Å². The Kier molecular flexibility index (Phi) is 6.34. The second kappa shape index (κ2) is 8.47. The highest BCUT2D eigenvalue weighted by atomic mass is 32.1. The number of rotatable bonds is 7. The van der Waals surface area contributed by atoms with Crippen LogP contribution in [0.25, 0.3) is 0 Å². The third-order valence-electron chi connectivity index (χ3n) is 3.60. The molecular formula is C17H21N3O3S. The molecule has 3 amide bonds. The zero-order valence-corrected chi connectivity index (χ0v) is 14.5. The van der Waals surface area contributed by atoms with Gasteiger partial charge in [-0.25, -0.2) is 4.79 Å². The van der Waals surface area contributed by atoms with Gasteiger partial charge < -0.3 is 10.5 Å². The van der Waals surface area contributed by atoms with Crippen LogP contribution in [0, 0.1) is 0 Å². The Balaban J connectivity index is 1.86. The molecule has 1 aromatic carbocycles. The standard InChI is InChI=1S/C17H21N3O3S/c1-12(16(21)19-17(18)22)20(2)10-13-5-7-14(8-6-13)23-11-15-4-3-9-24-15/h3-9,12H,10-11H2,1-2H3,(H3,18,19,21,22)/t12-/m0/s1. The van der Waals surface area contributed by atoms with Crippen LogP contribution in [0.1, 0.15) is 17.4 Å². The maximum atomic E-state index is 11.8. The lowest BCUT2D eigenvalue weighted by atomic mass is 10.2. The number of urea groups is 1. The summed E-state index contributed by atoms with van der Waals surface area (Å²) in [5.41, 5.74) is 6.00. The first-order chi connectivity index (χ1) is 11.5. The lowest BCUT2D eigenvalue weighted by molar-refractivity contribution is -0.124. The average Bonchev–Trinajstić information content (AvgIpc) is 3.06. The molecule has 7 heteroatoms. The van der Waals surface area contributed by atoms with Crippen molar-refractivity contribution < 1.29 is 14.3 Å². The number of carbonyl (C=O) groups is 2. The number of ether oxygens (including phenoxy) is 1. The highest BCUT2D eigenvalue weighted by Gasteiger charge is 2.19. The number of carbonyl (C=O) groups excluding carboxylic acids is 2. The van der Waals surface area contributed by atoms with E-state index in [-0.39, 0.29) is 0 Å². The van der Waals surface area contributed by atoms with E-state index >= 15 is 0 Å². The average molecular weight is 347 g/mol. The van der Waals surface area contributed by atoms with E-state index in [1.165, 1.54) is 4.88 Å². The minimum Gasteiger partial charge on any atom is -0.488 e. The van der Waals surface area contributed by atoms with Gasteiger partial charge in [-0.1, -0.05) is 18.2 Å². The molecular weight excluding hydrogens is 326 g/mol. The Morgan fingerprint density at radius 2 is 2.00 bits per heavy atom. The molecule has 128 valence electrons. The molecule has 0 spiro atoms. The first kappa shape index (κ1) is 18.0. The highest BCUT2D eigenvalue weighted by Crippen LogP contribution is 2.17. The molecule has 0 saturated carbocycles. The predicted molar refractivity (Wildman–Crippen MR) is 93.7 cm³/mol. The molecule has 0 saturated heterocycles. The van der Waals surface area contributed by atoms with E-state index in [0.717, 1.165) is 11.3 Å². The van der Waals surface area contributed by atoms with Crippen molar-refractivity contribution in [2.24, 2.45) is 5.73 Å². The zero-order valence-electron chi connectivity index (χ0n) is 13.7. The van der Waals surface area contributed by atoms with E-state index in [1.807, 2.05) is 53.7 Å². The SMILES string of the molecule is C[C@@H](C(=O)NC(N)=O)N(C)Cc1ccc(OCc2cccs2)cc1. The third-order valence-corrected chi connectivity index (χ3v) is 4.45. The molecule has 0 radical (unpaired) electrons. The monoisotopic (exact) mass is 347 g/mol. The lowest BCUT2D eigenvalue weighted by Crippen LogP contribution is -2.46. The topological polar surface area (TPSA) is 84.7 Å². The summed E-state index contributed by atoms with van der Waals surface area (Å²) in [6, 6.07) is 10.5. The van der Waals surface area contributed by atoms with Crippen molar-refractivity contribution in [2.75, 3.05) is 7.05 Å². The van der Waals surface area contributed by atoms with Gasteiger partial charge in [0.25, 0.3) is 0 Å². The van der Waals surface area contributed by atoms with Gasteiger partial charge in [-0.05, 0) is 43.1 Å². The largest absolute Gasteiger partial charge is 0.488 e. The fourth-order valence-electron chi connectivity index (χ4n) is 2.09. The summed E-state index contributed by atoms with van der Waals surface area (Å²) in [7, 11) is 1.81. The molecule has 0 aliphatic heterocycles. The summed E-state index contributed by atoms with van der Waals surface area (Å²) >= 11 is 1.66. The molecule has 0 aliphatic carbocycles. The Bertz CT molecular complexity index is 671. The summed E-state index contributed by atoms with van der Waals surface area (Å²) < 4.78 is 5.72. The number of nitrogens with zero attached hydrogens (tertiary/aromatic N) is 1. The normalized spacial score (nSPS) is 12.0. The quantitative estimate of drug-likeness (QED) is 0.805. The summed E-state index contributed by atoms with van der Waals surface area (Å²) in [4.78, 5) is 25.5. The molecule has 0 unspecified atom stereocenters. The van der Waals surface area contributed by atoms with Crippen LogP contribution in [0.4, 0.5) is 4.79 Å². The minimum atomic E-state index is -0.840. The van der Waals surface area contributed by atoms with Gasteiger partial charge in [0.05, 0.1) is 6.04 Å². The van der Waals surface area contributed by atoms with Gasteiger partial charge in [0.15, 0.2) is 0 Å². The van der Waals surface area contributed by atoms with E-state index in [0.29, 0.717) is 13.2 Å². The maximum Gasteiger partial charge on any atom is 0.318 e. The van der Waals surface area contributed by atoms with Crippen LogP contribution in [0.2, 0.25) is 0 Å². The molecule has 2 rings (SSSR count). The van der Waals surface area contributed by atoms with Crippen LogP contribution in [-0.2, 0) is 17.9 Å². The van der Waals surface area contributed by atoms with Crippen LogP contribution < -0.4 is 15.8 Å².